The monoisotopic (exact) mass is 486 g/mol. The molecule has 0 bridgehead atoms. The van der Waals surface area contributed by atoms with E-state index >= 15 is 0 Å². The van der Waals surface area contributed by atoms with Crippen LogP contribution < -0.4 is 15.0 Å². The van der Waals surface area contributed by atoms with Gasteiger partial charge in [-0.2, -0.15) is 0 Å². The normalized spacial score (nSPS) is 14.2. The van der Waals surface area contributed by atoms with Gasteiger partial charge in [0.1, 0.15) is 5.75 Å². The predicted molar refractivity (Wildman–Crippen MR) is 111 cm³/mol. The second-order valence-corrected chi connectivity index (χ2v) is 7.48. The van der Waals surface area contributed by atoms with Gasteiger partial charge in [0.15, 0.2) is 0 Å². The standard InChI is InChI=1S/C19H20ClIN2O3/c1-25-18-11-17(21)16(20)10-15(18)19(24)22-12-13-2-4-14(5-3-13)23-6-8-26-9-7-23/h2-5,10-11H,6-9,12H2,1H3,(H,22,24). The highest BCUT2D eigenvalue weighted by atomic mass is 127. The third kappa shape index (κ3) is 4.61. The second kappa shape index (κ2) is 8.92. The molecule has 5 nitrogen and oxygen atoms in total. The molecule has 3 rings (SSSR count). The Morgan fingerprint density at radius 2 is 1.96 bits per heavy atom. The Bertz CT molecular complexity index is 777. The zero-order valence-electron chi connectivity index (χ0n) is 14.4. The van der Waals surface area contributed by atoms with Gasteiger partial charge in [-0.1, -0.05) is 23.7 Å². The average molecular weight is 487 g/mol. The zero-order valence-corrected chi connectivity index (χ0v) is 17.3. The summed E-state index contributed by atoms with van der Waals surface area (Å²) in [5.74, 6) is 0.302. The van der Waals surface area contributed by atoms with Crippen LogP contribution in [0.25, 0.3) is 0 Å². The molecule has 1 aliphatic heterocycles. The molecule has 0 spiro atoms. The van der Waals surface area contributed by atoms with Crippen molar-refractivity contribution in [3.8, 4) is 5.75 Å². The van der Waals surface area contributed by atoms with Crippen LogP contribution in [0.1, 0.15) is 15.9 Å². The fourth-order valence-corrected chi connectivity index (χ4v) is 3.40. The Morgan fingerprint density at radius 3 is 2.62 bits per heavy atom. The van der Waals surface area contributed by atoms with E-state index in [4.69, 9.17) is 21.1 Å². The molecule has 0 aromatic heterocycles. The molecule has 1 amide bonds. The van der Waals surface area contributed by atoms with Gasteiger partial charge >= 0.3 is 0 Å². The van der Waals surface area contributed by atoms with Crippen molar-refractivity contribution < 1.29 is 14.3 Å². The van der Waals surface area contributed by atoms with Crippen LogP contribution in [0.3, 0.4) is 0 Å². The molecule has 138 valence electrons. The summed E-state index contributed by atoms with van der Waals surface area (Å²) in [4.78, 5) is 14.8. The summed E-state index contributed by atoms with van der Waals surface area (Å²) in [5.41, 5.74) is 2.64. The molecule has 0 aliphatic carbocycles. The molecule has 0 atom stereocenters. The first-order chi connectivity index (χ1) is 12.6. The van der Waals surface area contributed by atoms with E-state index in [0.29, 0.717) is 22.9 Å². The van der Waals surface area contributed by atoms with Gasteiger partial charge in [-0.05, 0) is 52.4 Å². The number of anilines is 1. The van der Waals surface area contributed by atoms with Gasteiger partial charge in [-0.3, -0.25) is 4.79 Å². The van der Waals surface area contributed by atoms with Crippen LogP contribution >= 0.6 is 34.2 Å². The summed E-state index contributed by atoms with van der Waals surface area (Å²) in [7, 11) is 1.54. The van der Waals surface area contributed by atoms with Crippen molar-refractivity contribution in [2.75, 3.05) is 38.3 Å². The predicted octanol–water partition coefficient (Wildman–Crippen LogP) is 3.72. The third-order valence-corrected chi connectivity index (χ3v) is 5.78. The van der Waals surface area contributed by atoms with Gasteiger partial charge in [0.25, 0.3) is 5.91 Å². The number of halogens is 2. The Labute approximate surface area is 171 Å². The molecule has 2 aromatic rings. The number of ether oxygens (including phenoxy) is 2. The number of morpholine rings is 1. The van der Waals surface area contributed by atoms with Crippen LogP contribution in [0.4, 0.5) is 5.69 Å². The first kappa shape index (κ1) is 19.3. The molecular formula is C19H20ClIN2O3. The molecule has 0 saturated carbocycles. The minimum absolute atomic E-state index is 0.211. The summed E-state index contributed by atoms with van der Waals surface area (Å²) in [6.45, 7) is 3.78. The summed E-state index contributed by atoms with van der Waals surface area (Å²) < 4.78 is 11.5. The van der Waals surface area contributed by atoms with Crippen LogP contribution in [0, 0.1) is 3.57 Å². The largest absolute Gasteiger partial charge is 0.496 e. The maximum atomic E-state index is 12.5. The van der Waals surface area contributed by atoms with Gasteiger partial charge in [-0.25, -0.2) is 0 Å². The van der Waals surface area contributed by atoms with Crippen molar-refractivity contribution in [3.05, 3.63) is 56.1 Å². The fraction of sp³-hybridized carbons (Fsp3) is 0.316. The number of carbonyl (C=O) groups excluding carboxylic acids is 1. The highest BCUT2D eigenvalue weighted by molar-refractivity contribution is 14.1. The number of amides is 1. The number of nitrogens with zero attached hydrogens (tertiary/aromatic N) is 1. The van der Waals surface area contributed by atoms with Gasteiger partial charge in [0, 0.05) is 28.9 Å². The van der Waals surface area contributed by atoms with Crippen LogP contribution in [0.2, 0.25) is 5.02 Å². The number of carbonyl (C=O) groups is 1. The van der Waals surface area contributed by atoms with Crippen molar-refractivity contribution >= 4 is 45.8 Å². The van der Waals surface area contributed by atoms with E-state index in [9.17, 15) is 4.79 Å². The van der Waals surface area contributed by atoms with Crippen LogP contribution in [-0.4, -0.2) is 39.3 Å². The molecule has 0 unspecified atom stereocenters. The van der Waals surface area contributed by atoms with E-state index in [-0.39, 0.29) is 5.91 Å². The molecule has 1 N–H and O–H groups in total. The quantitative estimate of drug-likeness (QED) is 0.655. The Kier molecular flexibility index (Phi) is 6.61. The second-order valence-electron chi connectivity index (χ2n) is 5.92. The molecule has 7 heteroatoms. The fourth-order valence-electron chi connectivity index (χ4n) is 2.80. The van der Waals surface area contributed by atoms with Crippen molar-refractivity contribution in [2.24, 2.45) is 0 Å². The van der Waals surface area contributed by atoms with Gasteiger partial charge in [0.2, 0.25) is 0 Å². The van der Waals surface area contributed by atoms with Crippen molar-refractivity contribution in [3.63, 3.8) is 0 Å². The minimum Gasteiger partial charge on any atom is -0.496 e. The smallest absolute Gasteiger partial charge is 0.255 e. The SMILES string of the molecule is COc1cc(I)c(Cl)cc1C(=O)NCc1ccc(N2CCOCC2)cc1. The Balaban J connectivity index is 1.63. The zero-order chi connectivity index (χ0) is 18.5. The first-order valence-corrected chi connectivity index (χ1v) is 9.77. The minimum atomic E-state index is -0.211. The third-order valence-electron chi connectivity index (χ3n) is 4.25. The van der Waals surface area contributed by atoms with Crippen LogP contribution in [0.5, 0.6) is 5.75 Å². The lowest BCUT2D eigenvalue weighted by Crippen LogP contribution is -2.36. The molecule has 1 heterocycles. The molecule has 26 heavy (non-hydrogen) atoms. The van der Waals surface area contributed by atoms with Gasteiger partial charge in [-0.15, -0.1) is 0 Å². The number of rotatable bonds is 5. The molecule has 1 fully saturated rings. The number of nitrogens with one attached hydrogen (secondary N) is 1. The molecule has 0 radical (unpaired) electrons. The van der Waals surface area contributed by atoms with E-state index in [2.05, 4.69) is 44.9 Å². The lowest BCUT2D eigenvalue weighted by atomic mass is 10.1. The topological polar surface area (TPSA) is 50.8 Å². The maximum Gasteiger partial charge on any atom is 0.255 e. The molecule has 2 aromatic carbocycles. The maximum absolute atomic E-state index is 12.5. The highest BCUT2D eigenvalue weighted by Crippen LogP contribution is 2.28. The first-order valence-electron chi connectivity index (χ1n) is 8.31. The lowest BCUT2D eigenvalue weighted by Gasteiger charge is -2.28. The van der Waals surface area contributed by atoms with E-state index in [1.54, 1.807) is 19.2 Å². The number of benzene rings is 2. The summed E-state index contributed by atoms with van der Waals surface area (Å²) in [6, 6.07) is 11.6. The lowest BCUT2D eigenvalue weighted by molar-refractivity contribution is 0.0948. The average Bonchev–Trinajstić information content (AvgIpc) is 2.69. The van der Waals surface area contributed by atoms with E-state index in [1.807, 2.05) is 12.1 Å². The molecule has 1 aliphatic rings. The number of hydrogen-bond acceptors (Lipinski definition) is 4. The summed E-state index contributed by atoms with van der Waals surface area (Å²) >= 11 is 8.25. The van der Waals surface area contributed by atoms with Gasteiger partial charge < -0.3 is 19.7 Å². The van der Waals surface area contributed by atoms with Crippen molar-refractivity contribution in [2.45, 2.75) is 6.54 Å². The summed E-state index contributed by atoms with van der Waals surface area (Å²) in [5, 5.41) is 3.46. The van der Waals surface area contributed by atoms with Gasteiger partial charge in [0.05, 0.1) is 30.9 Å². The summed E-state index contributed by atoms with van der Waals surface area (Å²) in [6.07, 6.45) is 0. The van der Waals surface area contributed by atoms with E-state index < -0.39 is 0 Å². The van der Waals surface area contributed by atoms with Crippen LogP contribution in [0.15, 0.2) is 36.4 Å². The Hall–Kier alpha value is -1.51. The van der Waals surface area contributed by atoms with Crippen molar-refractivity contribution in [1.82, 2.24) is 5.32 Å². The van der Waals surface area contributed by atoms with Crippen molar-refractivity contribution in [1.29, 1.82) is 0 Å². The highest BCUT2D eigenvalue weighted by Gasteiger charge is 2.15. The van der Waals surface area contributed by atoms with E-state index in [0.717, 1.165) is 35.4 Å². The number of hydrogen-bond donors (Lipinski definition) is 1. The van der Waals surface area contributed by atoms with E-state index in [1.165, 1.54) is 5.69 Å². The Morgan fingerprint density at radius 1 is 1.27 bits per heavy atom. The molecule has 1 saturated heterocycles. The number of methoxy groups -OCH3 is 1. The molecular weight excluding hydrogens is 467 g/mol. The van der Waals surface area contributed by atoms with Crippen LogP contribution in [-0.2, 0) is 11.3 Å².